The normalized spacial score (nSPS) is 11.3. The number of carbonyl (C=O) groups is 1. The van der Waals surface area contributed by atoms with Gasteiger partial charge in [0.1, 0.15) is 6.10 Å². The third-order valence-electron chi connectivity index (χ3n) is 4.07. The van der Waals surface area contributed by atoms with Gasteiger partial charge in [-0.25, -0.2) is 0 Å². The summed E-state index contributed by atoms with van der Waals surface area (Å²) in [6, 6.07) is 12.7. The second-order valence-electron chi connectivity index (χ2n) is 5.51. The Labute approximate surface area is 152 Å². The summed E-state index contributed by atoms with van der Waals surface area (Å²) >= 11 is 0. The molecule has 2 aromatic rings. The molecular weight excluding hydrogens is 334 g/mol. The van der Waals surface area contributed by atoms with Gasteiger partial charge >= 0.3 is 5.97 Å². The molecule has 0 bridgehead atoms. The number of hydrogen-bond donors (Lipinski definition) is 0. The van der Waals surface area contributed by atoms with E-state index in [1.54, 1.807) is 38.5 Å². The molecule has 0 spiro atoms. The first-order chi connectivity index (χ1) is 12.6. The summed E-state index contributed by atoms with van der Waals surface area (Å²) in [4.78, 5) is 11.8. The number of rotatable bonds is 7. The highest BCUT2D eigenvalue weighted by molar-refractivity contribution is 5.73. The molecule has 0 N–H and O–H groups in total. The lowest BCUT2D eigenvalue weighted by Gasteiger charge is -2.22. The summed E-state index contributed by atoms with van der Waals surface area (Å²) < 4.78 is 21.2. The van der Waals surface area contributed by atoms with Gasteiger partial charge in [-0.1, -0.05) is 12.1 Å². The molecule has 2 aromatic carbocycles. The predicted octanol–water partition coefficient (Wildman–Crippen LogP) is 3.03. The molecule has 1 atom stereocenters. The largest absolute Gasteiger partial charge is 0.493 e. The molecule has 0 fully saturated rings. The molecule has 0 radical (unpaired) electrons. The molecule has 6 nitrogen and oxygen atoms in total. The zero-order valence-electron chi connectivity index (χ0n) is 15.2. The smallest absolute Gasteiger partial charge is 0.309 e. The maximum atomic E-state index is 11.8. The van der Waals surface area contributed by atoms with Gasteiger partial charge in [-0.3, -0.25) is 4.79 Å². The number of hydrogen-bond acceptors (Lipinski definition) is 6. The van der Waals surface area contributed by atoms with Gasteiger partial charge in [0.05, 0.1) is 39.4 Å². The quantitative estimate of drug-likeness (QED) is 0.711. The third-order valence-corrected chi connectivity index (χ3v) is 4.07. The van der Waals surface area contributed by atoms with Crippen molar-refractivity contribution in [2.24, 2.45) is 0 Å². The fourth-order valence-corrected chi connectivity index (χ4v) is 2.74. The zero-order valence-corrected chi connectivity index (χ0v) is 15.2. The van der Waals surface area contributed by atoms with E-state index < -0.39 is 6.10 Å². The van der Waals surface area contributed by atoms with Crippen molar-refractivity contribution in [3.8, 4) is 17.6 Å². The molecule has 0 unspecified atom stereocenters. The minimum absolute atomic E-state index is 0.0718. The Morgan fingerprint density at radius 3 is 2.15 bits per heavy atom. The number of nitrogens with zero attached hydrogens (tertiary/aromatic N) is 1. The molecule has 2 rings (SSSR count). The summed E-state index contributed by atoms with van der Waals surface area (Å²) in [6.07, 6.45) is -0.371. The summed E-state index contributed by atoms with van der Waals surface area (Å²) in [5.41, 5.74) is 2.89. The highest BCUT2D eigenvalue weighted by Crippen LogP contribution is 2.37. The summed E-state index contributed by atoms with van der Waals surface area (Å²) in [5.74, 6) is 0.685. The van der Waals surface area contributed by atoms with Gasteiger partial charge in [0.25, 0.3) is 0 Å². The van der Waals surface area contributed by atoms with Crippen LogP contribution in [0.2, 0.25) is 0 Å². The summed E-state index contributed by atoms with van der Waals surface area (Å²) in [6.45, 7) is 0. The number of benzene rings is 2. The Bertz CT molecular complexity index is 808. The Morgan fingerprint density at radius 1 is 1.04 bits per heavy atom. The lowest BCUT2D eigenvalue weighted by molar-refractivity contribution is -0.139. The van der Waals surface area contributed by atoms with E-state index in [2.05, 4.69) is 6.07 Å². The van der Waals surface area contributed by atoms with Crippen molar-refractivity contribution >= 4 is 5.97 Å². The van der Waals surface area contributed by atoms with Crippen LogP contribution in [0.3, 0.4) is 0 Å². The maximum absolute atomic E-state index is 11.8. The lowest BCUT2D eigenvalue weighted by atomic mass is 9.93. The van der Waals surface area contributed by atoms with E-state index in [0.717, 1.165) is 11.1 Å². The predicted molar refractivity (Wildman–Crippen MR) is 95.3 cm³/mol. The molecule has 0 aliphatic rings. The Morgan fingerprint density at radius 2 is 1.65 bits per heavy atom. The number of esters is 1. The summed E-state index contributed by atoms with van der Waals surface area (Å²) in [5, 5.41) is 8.97. The average Bonchev–Trinajstić information content (AvgIpc) is 2.69. The standard InChI is InChI=1S/C20H21NO5/c1-23-17-9-15(10-19(22)25-3)16(11-18(17)24-2)20(26-4)14-7-5-13(12-21)6-8-14/h5-9,11,20H,10H2,1-4H3/t20-/m1/s1. The van der Waals surface area contributed by atoms with Gasteiger partial charge in [0.2, 0.25) is 0 Å². The lowest BCUT2D eigenvalue weighted by Crippen LogP contribution is -2.12. The van der Waals surface area contributed by atoms with Crippen molar-refractivity contribution in [3.63, 3.8) is 0 Å². The van der Waals surface area contributed by atoms with E-state index in [4.69, 9.17) is 24.2 Å². The van der Waals surface area contributed by atoms with Crippen LogP contribution in [0.5, 0.6) is 11.5 Å². The third kappa shape index (κ3) is 4.13. The van der Waals surface area contributed by atoms with Crippen LogP contribution in [-0.2, 0) is 20.7 Å². The monoisotopic (exact) mass is 355 g/mol. The van der Waals surface area contributed by atoms with Crippen molar-refractivity contribution in [1.82, 2.24) is 0 Å². The van der Waals surface area contributed by atoms with Crippen LogP contribution in [0.4, 0.5) is 0 Å². The topological polar surface area (TPSA) is 77.8 Å². The van der Waals surface area contributed by atoms with E-state index in [0.29, 0.717) is 22.6 Å². The zero-order chi connectivity index (χ0) is 19.1. The first-order valence-corrected chi connectivity index (χ1v) is 7.92. The Kier molecular flexibility index (Phi) is 6.59. The number of nitriles is 1. The molecule has 6 heteroatoms. The van der Waals surface area contributed by atoms with Crippen LogP contribution < -0.4 is 9.47 Å². The van der Waals surface area contributed by atoms with E-state index in [1.807, 2.05) is 12.1 Å². The van der Waals surface area contributed by atoms with Gasteiger partial charge < -0.3 is 18.9 Å². The molecule has 0 amide bonds. The highest BCUT2D eigenvalue weighted by atomic mass is 16.5. The first-order valence-electron chi connectivity index (χ1n) is 7.92. The number of carbonyl (C=O) groups excluding carboxylic acids is 1. The first kappa shape index (κ1) is 19.3. The van der Waals surface area contributed by atoms with Crippen molar-refractivity contribution < 1.29 is 23.7 Å². The molecule has 0 saturated heterocycles. The second-order valence-corrected chi connectivity index (χ2v) is 5.51. The van der Waals surface area contributed by atoms with Crippen LogP contribution in [0.25, 0.3) is 0 Å². The number of ether oxygens (including phenoxy) is 4. The van der Waals surface area contributed by atoms with Crippen LogP contribution in [-0.4, -0.2) is 34.4 Å². The molecule has 0 aromatic heterocycles. The fraction of sp³-hybridized carbons (Fsp3) is 0.300. The van der Waals surface area contributed by atoms with E-state index >= 15 is 0 Å². The van der Waals surface area contributed by atoms with Gasteiger partial charge in [-0.15, -0.1) is 0 Å². The SMILES string of the molecule is COC(=O)Cc1cc(OC)c(OC)cc1[C@H](OC)c1ccc(C#N)cc1. The van der Waals surface area contributed by atoms with Crippen molar-refractivity contribution in [2.45, 2.75) is 12.5 Å². The molecule has 0 aliphatic carbocycles. The molecule has 26 heavy (non-hydrogen) atoms. The number of methoxy groups -OCH3 is 4. The van der Waals surface area contributed by atoms with Crippen LogP contribution >= 0.6 is 0 Å². The molecule has 0 saturated carbocycles. The maximum Gasteiger partial charge on any atom is 0.309 e. The van der Waals surface area contributed by atoms with Crippen molar-refractivity contribution in [1.29, 1.82) is 5.26 Å². The van der Waals surface area contributed by atoms with Crippen LogP contribution in [0.1, 0.15) is 28.4 Å². The van der Waals surface area contributed by atoms with E-state index in [-0.39, 0.29) is 12.4 Å². The highest BCUT2D eigenvalue weighted by Gasteiger charge is 2.22. The van der Waals surface area contributed by atoms with E-state index in [1.165, 1.54) is 14.2 Å². The van der Waals surface area contributed by atoms with Crippen LogP contribution in [0.15, 0.2) is 36.4 Å². The van der Waals surface area contributed by atoms with Crippen molar-refractivity contribution in [3.05, 3.63) is 58.7 Å². The van der Waals surface area contributed by atoms with Gasteiger partial charge in [0.15, 0.2) is 11.5 Å². The Hall–Kier alpha value is -3.04. The minimum Gasteiger partial charge on any atom is -0.493 e. The van der Waals surface area contributed by atoms with Gasteiger partial charge in [-0.2, -0.15) is 5.26 Å². The summed E-state index contributed by atoms with van der Waals surface area (Å²) in [7, 11) is 6.01. The van der Waals surface area contributed by atoms with Gasteiger partial charge in [0, 0.05) is 7.11 Å². The minimum atomic E-state index is -0.442. The molecule has 0 heterocycles. The fourth-order valence-electron chi connectivity index (χ4n) is 2.74. The van der Waals surface area contributed by atoms with Crippen LogP contribution in [0, 0.1) is 11.3 Å². The molecule has 0 aliphatic heterocycles. The average molecular weight is 355 g/mol. The molecule has 136 valence electrons. The van der Waals surface area contributed by atoms with Crippen molar-refractivity contribution in [2.75, 3.05) is 28.4 Å². The second kappa shape index (κ2) is 8.88. The Balaban J connectivity index is 2.57. The van der Waals surface area contributed by atoms with E-state index in [9.17, 15) is 4.79 Å². The molecular formula is C20H21NO5. The van der Waals surface area contributed by atoms with Gasteiger partial charge in [-0.05, 0) is 41.0 Å².